The Morgan fingerprint density at radius 1 is 1.14 bits per heavy atom. The quantitative estimate of drug-likeness (QED) is 0.738. The average molecular weight is 376 g/mol. The zero-order chi connectivity index (χ0) is 19.3. The largest absolute Gasteiger partial charge is 0.497 e. The number of hydrogen-bond donors (Lipinski definition) is 1. The number of hydrogen-bond acceptors (Lipinski definition) is 5. The van der Waals surface area contributed by atoms with E-state index in [0.717, 1.165) is 47.8 Å². The van der Waals surface area contributed by atoms with Gasteiger partial charge in [-0.05, 0) is 41.5 Å². The van der Waals surface area contributed by atoms with Gasteiger partial charge >= 0.3 is 0 Å². The summed E-state index contributed by atoms with van der Waals surface area (Å²) >= 11 is 0. The van der Waals surface area contributed by atoms with Crippen LogP contribution in [0, 0.1) is 0 Å². The van der Waals surface area contributed by atoms with Gasteiger partial charge in [0.2, 0.25) is 0 Å². The first-order chi connectivity index (χ1) is 13.7. The van der Waals surface area contributed by atoms with Crippen molar-refractivity contribution in [2.45, 2.75) is 19.2 Å². The number of methoxy groups -OCH3 is 1. The van der Waals surface area contributed by atoms with Gasteiger partial charge in [-0.25, -0.2) is 0 Å². The van der Waals surface area contributed by atoms with Crippen molar-refractivity contribution in [1.29, 1.82) is 0 Å². The number of nitrogens with zero attached hydrogens (tertiary/aromatic N) is 2. The number of fused-ring (bicyclic) bond motifs is 1. The number of aromatic nitrogens is 1. The van der Waals surface area contributed by atoms with E-state index in [1.54, 1.807) is 19.5 Å². The number of aliphatic hydroxyl groups excluding tert-OH is 1. The highest BCUT2D eigenvalue weighted by atomic mass is 16.5. The second-order valence-corrected chi connectivity index (χ2v) is 6.97. The van der Waals surface area contributed by atoms with Crippen molar-refractivity contribution < 1.29 is 14.6 Å². The van der Waals surface area contributed by atoms with E-state index in [0.29, 0.717) is 6.61 Å². The molecule has 0 fully saturated rings. The molecule has 0 unspecified atom stereocenters. The fourth-order valence-electron chi connectivity index (χ4n) is 3.53. The van der Waals surface area contributed by atoms with E-state index in [4.69, 9.17) is 9.47 Å². The maximum atomic E-state index is 10.7. The van der Waals surface area contributed by atoms with Gasteiger partial charge in [-0.1, -0.05) is 24.3 Å². The van der Waals surface area contributed by atoms with Crippen LogP contribution >= 0.6 is 0 Å². The van der Waals surface area contributed by atoms with Gasteiger partial charge in [0.1, 0.15) is 24.2 Å². The first kappa shape index (κ1) is 18.5. The van der Waals surface area contributed by atoms with Crippen molar-refractivity contribution in [1.82, 2.24) is 9.88 Å². The van der Waals surface area contributed by atoms with Crippen LogP contribution in [-0.4, -0.2) is 35.3 Å². The molecular weight excluding hydrogens is 352 g/mol. The average Bonchev–Trinajstić information content (AvgIpc) is 2.95. The predicted octanol–water partition coefficient (Wildman–Crippen LogP) is 3.57. The standard InChI is InChI=1S/C23H24N2O3/c1-27-21-6-2-4-17(12-21)15-25-10-11-28-22-8-7-18(13-20(22)16-25)23(26)19-5-3-9-24-14-19/h2-9,12-14,23,26H,10-11,15-16H2,1H3/t23-/m0/s1. The van der Waals surface area contributed by atoms with Gasteiger partial charge in [0.05, 0.1) is 7.11 Å². The summed E-state index contributed by atoms with van der Waals surface area (Å²) in [6.07, 6.45) is 2.70. The van der Waals surface area contributed by atoms with Crippen LogP contribution in [0.5, 0.6) is 11.5 Å². The van der Waals surface area contributed by atoms with Crippen molar-refractivity contribution >= 4 is 0 Å². The lowest BCUT2D eigenvalue weighted by Crippen LogP contribution is -2.25. The van der Waals surface area contributed by atoms with Crippen molar-refractivity contribution in [3.8, 4) is 11.5 Å². The number of benzene rings is 2. The lowest BCUT2D eigenvalue weighted by Gasteiger charge is -2.20. The van der Waals surface area contributed by atoms with Gasteiger partial charge in [0.15, 0.2) is 0 Å². The number of ether oxygens (including phenoxy) is 2. The molecule has 5 heteroatoms. The summed E-state index contributed by atoms with van der Waals surface area (Å²) in [7, 11) is 1.68. The molecule has 144 valence electrons. The van der Waals surface area contributed by atoms with Gasteiger partial charge < -0.3 is 14.6 Å². The summed E-state index contributed by atoms with van der Waals surface area (Å²) in [6, 6.07) is 17.8. The van der Waals surface area contributed by atoms with Gasteiger partial charge in [-0.15, -0.1) is 0 Å². The smallest absolute Gasteiger partial charge is 0.123 e. The number of rotatable bonds is 5. The predicted molar refractivity (Wildman–Crippen MR) is 107 cm³/mol. The Morgan fingerprint density at radius 2 is 2.07 bits per heavy atom. The zero-order valence-corrected chi connectivity index (χ0v) is 15.9. The minimum absolute atomic E-state index is 0.640. The molecule has 1 atom stereocenters. The van der Waals surface area contributed by atoms with Crippen LogP contribution in [-0.2, 0) is 13.1 Å². The Hall–Kier alpha value is -2.89. The highest BCUT2D eigenvalue weighted by Gasteiger charge is 2.19. The van der Waals surface area contributed by atoms with E-state index >= 15 is 0 Å². The molecule has 1 aromatic heterocycles. The molecule has 0 bridgehead atoms. The molecule has 3 aromatic rings. The maximum absolute atomic E-state index is 10.7. The number of aliphatic hydroxyl groups is 1. The molecule has 1 N–H and O–H groups in total. The Morgan fingerprint density at radius 3 is 2.89 bits per heavy atom. The Labute approximate surface area is 165 Å². The monoisotopic (exact) mass is 376 g/mol. The van der Waals surface area contributed by atoms with Crippen molar-refractivity contribution in [3.63, 3.8) is 0 Å². The fourth-order valence-corrected chi connectivity index (χ4v) is 3.53. The van der Waals surface area contributed by atoms with E-state index in [1.165, 1.54) is 5.56 Å². The topological polar surface area (TPSA) is 54.8 Å². The van der Waals surface area contributed by atoms with E-state index in [1.807, 2.05) is 42.5 Å². The summed E-state index contributed by atoms with van der Waals surface area (Å²) in [4.78, 5) is 6.45. The molecule has 2 aromatic carbocycles. The zero-order valence-electron chi connectivity index (χ0n) is 15.9. The first-order valence-electron chi connectivity index (χ1n) is 9.42. The van der Waals surface area contributed by atoms with Gasteiger partial charge in [0, 0.05) is 43.2 Å². The summed E-state index contributed by atoms with van der Waals surface area (Å²) in [6.45, 7) is 3.06. The molecule has 28 heavy (non-hydrogen) atoms. The number of pyridine rings is 1. The molecule has 4 rings (SSSR count). The molecule has 1 aliphatic rings. The normalized spacial score (nSPS) is 15.2. The van der Waals surface area contributed by atoms with Crippen molar-refractivity contribution in [2.75, 3.05) is 20.3 Å². The van der Waals surface area contributed by atoms with Crippen molar-refractivity contribution in [2.24, 2.45) is 0 Å². The van der Waals surface area contributed by atoms with Crippen LogP contribution in [0.3, 0.4) is 0 Å². The highest BCUT2D eigenvalue weighted by Crippen LogP contribution is 2.30. The Balaban J connectivity index is 1.54. The molecular formula is C23H24N2O3. The second kappa shape index (κ2) is 8.42. The van der Waals surface area contributed by atoms with Crippen molar-refractivity contribution in [3.05, 3.63) is 89.2 Å². The first-order valence-corrected chi connectivity index (χ1v) is 9.42. The molecule has 1 aliphatic heterocycles. The van der Waals surface area contributed by atoms with E-state index < -0.39 is 6.10 Å². The molecule has 0 saturated carbocycles. The molecule has 0 radical (unpaired) electrons. The summed E-state index contributed by atoms with van der Waals surface area (Å²) in [5.41, 5.74) is 3.92. The van der Waals surface area contributed by atoms with Crippen LogP contribution in [0.25, 0.3) is 0 Å². The Kier molecular flexibility index (Phi) is 5.55. The summed E-state index contributed by atoms with van der Waals surface area (Å²) in [5, 5.41) is 10.7. The van der Waals surface area contributed by atoms with Crippen LogP contribution in [0.4, 0.5) is 0 Å². The highest BCUT2D eigenvalue weighted by molar-refractivity contribution is 5.41. The third-order valence-electron chi connectivity index (χ3n) is 5.00. The fraction of sp³-hybridized carbons (Fsp3) is 0.261. The van der Waals surface area contributed by atoms with Crippen LogP contribution in [0.1, 0.15) is 28.4 Å². The molecule has 0 saturated heterocycles. The third-order valence-corrected chi connectivity index (χ3v) is 5.00. The summed E-state index contributed by atoms with van der Waals surface area (Å²) in [5.74, 6) is 1.75. The van der Waals surface area contributed by atoms with E-state index in [-0.39, 0.29) is 0 Å². The minimum atomic E-state index is -0.700. The van der Waals surface area contributed by atoms with Gasteiger partial charge in [0.25, 0.3) is 0 Å². The molecule has 0 aliphatic carbocycles. The van der Waals surface area contributed by atoms with Crippen LogP contribution < -0.4 is 9.47 Å². The molecule has 0 spiro atoms. The molecule has 0 amide bonds. The van der Waals surface area contributed by atoms with E-state index in [9.17, 15) is 5.11 Å². The maximum Gasteiger partial charge on any atom is 0.123 e. The lowest BCUT2D eigenvalue weighted by atomic mass is 10.00. The summed E-state index contributed by atoms with van der Waals surface area (Å²) < 4.78 is 11.3. The van der Waals surface area contributed by atoms with Crippen LogP contribution in [0.2, 0.25) is 0 Å². The van der Waals surface area contributed by atoms with Crippen LogP contribution in [0.15, 0.2) is 67.0 Å². The third kappa shape index (κ3) is 4.16. The molecule has 2 heterocycles. The minimum Gasteiger partial charge on any atom is -0.497 e. The lowest BCUT2D eigenvalue weighted by molar-refractivity contribution is 0.218. The van der Waals surface area contributed by atoms with Gasteiger partial charge in [-0.3, -0.25) is 9.88 Å². The van der Waals surface area contributed by atoms with E-state index in [2.05, 4.69) is 22.0 Å². The second-order valence-electron chi connectivity index (χ2n) is 6.97. The Bertz CT molecular complexity index is 930. The molecule has 5 nitrogen and oxygen atoms in total. The SMILES string of the molecule is COc1cccc(CN2CCOc3ccc([C@H](O)c4cccnc4)cc3C2)c1. The van der Waals surface area contributed by atoms with Gasteiger partial charge in [-0.2, -0.15) is 0 Å².